The molecule has 4 heteroatoms. The Morgan fingerprint density at radius 1 is 1.17 bits per heavy atom. The lowest BCUT2D eigenvalue weighted by Gasteiger charge is -2.27. The molecule has 0 bridgehead atoms. The van der Waals surface area contributed by atoms with Crippen molar-refractivity contribution in [3.63, 3.8) is 0 Å². The van der Waals surface area contributed by atoms with E-state index in [-0.39, 0.29) is 11.8 Å². The third-order valence-corrected chi connectivity index (χ3v) is 4.50. The highest BCUT2D eigenvalue weighted by molar-refractivity contribution is 5.95. The number of nitrogens with one attached hydrogen (secondary N) is 1. The quantitative estimate of drug-likeness (QED) is 0.935. The molecule has 1 aromatic carbocycles. The van der Waals surface area contributed by atoms with Gasteiger partial charge in [0.1, 0.15) is 0 Å². The summed E-state index contributed by atoms with van der Waals surface area (Å²) in [5, 5.41) is 3.06. The first-order chi connectivity index (χ1) is 11.3. The normalized spacial score (nSPS) is 16.7. The van der Waals surface area contributed by atoms with Gasteiger partial charge in [-0.2, -0.15) is 0 Å². The predicted molar refractivity (Wildman–Crippen MR) is 91.0 cm³/mol. The van der Waals surface area contributed by atoms with Crippen LogP contribution in [-0.4, -0.2) is 24.1 Å². The number of hydrogen-bond donors (Lipinski definition) is 1. The topological polar surface area (TPSA) is 51.2 Å². The first-order valence-corrected chi connectivity index (χ1v) is 8.15. The molecule has 1 N–H and O–H groups in total. The summed E-state index contributed by atoms with van der Waals surface area (Å²) in [4.78, 5) is 17.1. The van der Waals surface area contributed by atoms with Crippen LogP contribution in [0.1, 0.15) is 19.8 Å². The fourth-order valence-corrected chi connectivity index (χ4v) is 3.01. The molecule has 1 atom stereocenters. The van der Waals surface area contributed by atoms with Crippen molar-refractivity contribution in [1.82, 2.24) is 4.98 Å². The number of nitrogens with zero attached hydrogens (tertiary/aromatic N) is 1. The van der Waals surface area contributed by atoms with Gasteiger partial charge in [-0.25, -0.2) is 0 Å². The van der Waals surface area contributed by atoms with Gasteiger partial charge in [0.2, 0.25) is 5.91 Å². The number of carbonyl (C=O) groups is 1. The SMILES string of the molecule is C[C@H](C(=O)Nc1cccnc1-c1ccccc1)C1CCOCC1. The Balaban J connectivity index is 1.76. The molecule has 1 aliphatic heterocycles. The van der Waals surface area contributed by atoms with Crippen molar-refractivity contribution in [2.75, 3.05) is 18.5 Å². The van der Waals surface area contributed by atoms with Gasteiger partial charge < -0.3 is 10.1 Å². The summed E-state index contributed by atoms with van der Waals surface area (Å²) in [7, 11) is 0. The van der Waals surface area contributed by atoms with Gasteiger partial charge in [-0.15, -0.1) is 0 Å². The van der Waals surface area contributed by atoms with Crippen molar-refractivity contribution < 1.29 is 9.53 Å². The number of anilines is 1. The van der Waals surface area contributed by atoms with Gasteiger partial charge >= 0.3 is 0 Å². The molecule has 120 valence electrons. The number of carbonyl (C=O) groups excluding carboxylic acids is 1. The van der Waals surface area contributed by atoms with Crippen LogP contribution in [0.5, 0.6) is 0 Å². The molecule has 1 aromatic heterocycles. The number of rotatable bonds is 4. The third kappa shape index (κ3) is 3.77. The van der Waals surface area contributed by atoms with Crippen LogP contribution in [0.4, 0.5) is 5.69 Å². The zero-order chi connectivity index (χ0) is 16.1. The molecule has 1 amide bonds. The number of hydrogen-bond acceptors (Lipinski definition) is 3. The summed E-state index contributed by atoms with van der Waals surface area (Å²) in [5.74, 6) is 0.422. The Morgan fingerprint density at radius 2 is 1.91 bits per heavy atom. The molecule has 3 rings (SSSR count). The standard InChI is InChI=1S/C19H22N2O2/c1-14(15-9-12-23-13-10-15)19(22)21-17-8-5-11-20-18(17)16-6-3-2-4-7-16/h2-8,11,14-15H,9-10,12-13H2,1H3,(H,21,22)/t14-/m0/s1. The van der Waals surface area contributed by atoms with Gasteiger partial charge in [0, 0.05) is 30.9 Å². The Hall–Kier alpha value is -2.20. The molecule has 2 heterocycles. The zero-order valence-electron chi connectivity index (χ0n) is 13.4. The maximum atomic E-state index is 12.6. The summed E-state index contributed by atoms with van der Waals surface area (Å²) in [6.07, 6.45) is 3.65. The van der Waals surface area contributed by atoms with Gasteiger partial charge in [0.15, 0.2) is 0 Å². The van der Waals surface area contributed by atoms with Gasteiger partial charge in [0.05, 0.1) is 11.4 Å². The molecular weight excluding hydrogens is 288 g/mol. The van der Waals surface area contributed by atoms with Crippen LogP contribution in [0.25, 0.3) is 11.3 Å². The molecule has 0 aliphatic carbocycles. The van der Waals surface area contributed by atoms with Gasteiger partial charge in [0.25, 0.3) is 0 Å². The van der Waals surface area contributed by atoms with Crippen LogP contribution in [0.15, 0.2) is 48.7 Å². The van der Waals surface area contributed by atoms with Gasteiger partial charge in [-0.3, -0.25) is 9.78 Å². The number of pyridine rings is 1. The fourth-order valence-electron chi connectivity index (χ4n) is 3.01. The van der Waals surface area contributed by atoms with Crippen molar-refractivity contribution in [2.45, 2.75) is 19.8 Å². The third-order valence-electron chi connectivity index (χ3n) is 4.50. The first kappa shape index (κ1) is 15.7. The van der Waals surface area contributed by atoms with Crippen LogP contribution in [0.3, 0.4) is 0 Å². The van der Waals surface area contributed by atoms with Crippen LogP contribution in [0.2, 0.25) is 0 Å². The number of amides is 1. The minimum atomic E-state index is -0.0253. The molecule has 1 fully saturated rings. The lowest BCUT2D eigenvalue weighted by molar-refractivity contribution is -0.122. The number of ether oxygens (including phenoxy) is 1. The molecule has 0 spiro atoms. The minimum Gasteiger partial charge on any atom is -0.381 e. The van der Waals surface area contributed by atoms with Crippen molar-refractivity contribution >= 4 is 11.6 Å². The Labute approximate surface area is 136 Å². The van der Waals surface area contributed by atoms with E-state index in [2.05, 4.69) is 10.3 Å². The van der Waals surface area contributed by atoms with Crippen molar-refractivity contribution in [1.29, 1.82) is 0 Å². The Bertz CT molecular complexity index is 651. The summed E-state index contributed by atoms with van der Waals surface area (Å²) < 4.78 is 5.38. The van der Waals surface area contributed by atoms with Gasteiger partial charge in [-0.05, 0) is 30.9 Å². The van der Waals surface area contributed by atoms with Crippen molar-refractivity contribution in [3.05, 3.63) is 48.7 Å². The van der Waals surface area contributed by atoms with E-state index < -0.39 is 0 Å². The first-order valence-electron chi connectivity index (χ1n) is 8.15. The van der Waals surface area contributed by atoms with E-state index in [0.717, 1.165) is 43.0 Å². The zero-order valence-corrected chi connectivity index (χ0v) is 13.4. The van der Waals surface area contributed by atoms with Gasteiger partial charge in [-0.1, -0.05) is 37.3 Å². The second-order valence-corrected chi connectivity index (χ2v) is 5.99. The van der Waals surface area contributed by atoms with Crippen molar-refractivity contribution in [2.24, 2.45) is 11.8 Å². The molecule has 23 heavy (non-hydrogen) atoms. The lowest BCUT2D eigenvalue weighted by Crippen LogP contribution is -2.31. The summed E-state index contributed by atoms with van der Waals surface area (Å²) in [6, 6.07) is 13.7. The molecule has 1 saturated heterocycles. The smallest absolute Gasteiger partial charge is 0.227 e. The molecule has 0 unspecified atom stereocenters. The van der Waals surface area contributed by atoms with E-state index in [1.54, 1.807) is 6.20 Å². The van der Waals surface area contributed by atoms with Crippen LogP contribution in [-0.2, 0) is 9.53 Å². The molecule has 0 saturated carbocycles. The van der Waals surface area contributed by atoms with E-state index in [9.17, 15) is 4.79 Å². The second kappa shape index (κ2) is 7.38. The number of aromatic nitrogens is 1. The van der Waals surface area contributed by atoms with Crippen molar-refractivity contribution in [3.8, 4) is 11.3 Å². The van der Waals surface area contributed by atoms with Crippen LogP contribution < -0.4 is 5.32 Å². The highest BCUT2D eigenvalue weighted by Crippen LogP contribution is 2.28. The number of benzene rings is 1. The van der Waals surface area contributed by atoms with E-state index in [4.69, 9.17) is 4.74 Å². The van der Waals surface area contributed by atoms with E-state index in [1.807, 2.05) is 49.4 Å². The molecule has 2 aromatic rings. The molecule has 0 radical (unpaired) electrons. The molecular formula is C19H22N2O2. The molecule has 1 aliphatic rings. The summed E-state index contributed by atoms with van der Waals surface area (Å²) in [6.45, 7) is 3.51. The average Bonchev–Trinajstić information content (AvgIpc) is 2.63. The molecule has 4 nitrogen and oxygen atoms in total. The monoisotopic (exact) mass is 310 g/mol. The maximum Gasteiger partial charge on any atom is 0.227 e. The van der Waals surface area contributed by atoms with E-state index in [0.29, 0.717) is 5.92 Å². The van der Waals surface area contributed by atoms with Crippen LogP contribution in [0, 0.1) is 11.8 Å². The highest BCUT2D eigenvalue weighted by atomic mass is 16.5. The lowest BCUT2D eigenvalue weighted by atomic mass is 9.86. The highest BCUT2D eigenvalue weighted by Gasteiger charge is 2.26. The second-order valence-electron chi connectivity index (χ2n) is 5.99. The van der Waals surface area contributed by atoms with E-state index >= 15 is 0 Å². The van der Waals surface area contributed by atoms with Crippen LogP contribution >= 0.6 is 0 Å². The Morgan fingerprint density at radius 3 is 2.65 bits per heavy atom. The summed E-state index contributed by atoms with van der Waals surface area (Å²) >= 11 is 0. The largest absolute Gasteiger partial charge is 0.381 e. The van der Waals surface area contributed by atoms with E-state index in [1.165, 1.54) is 0 Å². The maximum absolute atomic E-state index is 12.6. The summed E-state index contributed by atoms with van der Waals surface area (Å²) in [5.41, 5.74) is 2.57. The average molecular weight is 310 g/mol. The fraction of sp³-hybridized carbons (Fsp3) is 0.368. The Kier molecular flexibility index (Phi) is 5.03. The minimum absolute atomic E-state index is 0.0253. The predicted octanol–water partition coefficient (Wildman–Crippen LogP) is 3.75.